The number of amides is 1. The summed E-state index contributed by atoms with van der Waals surface area (Å²) in [6.45, 7) is 7.90. The van der Waals surface area contributed by atoms with E-state index in [4.69, 9.17) is 4.74 Å². The Balaban J connectivity index is 1.92. The van der Waals surface area contributed by atoms with E-state index in [0.29, 0.717) is 0 Å². The molecule has 2 rings (SSSR count). The van der Waals surface area contributed by atoms with Gasteiger partial charge in [0.2, 0.25) is 5.91 Å². The van der Waals surface area contributed by atoms with E-state index in [1.54, 1.807) is 30.2 Å². The molecule has 1 atom stereocenters. The van der Waals surface area contributed by atoms with Crippen LogP contribution in [0, 0.1) is 0 Å². The quantitative estimate of drug-likeness (QED) is 0.828. The highest BCUT2D eigenvalue weighted by atomic mass is 32.2. The molecule has 1 aromatic carbocycles. The van der Waals surface area contributed by atoms with Gasteiger partial charge in [0.15, 0.2) is 0 Å². The second-order valence-corrected chi connectivity index (χ2v) is 8.75. The van der Waals surface area contributed by atoms with Crippen LogP contribution >= 0.6 is 23.1 Å². The average molecular weight is 365 g/mol. The van der Waals surface area contributed by atoms with Gasteiger partial charge in [0.05, 0.1) is 18.1 Å². The van der Waals surface area contributed by atoms with Crippen LogP contribution in [0.5, 0.6) is 5.75 Å². The minimum absolute atomic E-state index is 0.0677. The van der Waals surface area contributed by atoms with E-state index in [1.165, 1.54) is 0 Å². The largest absolute Gasteiger partial charge is 0.497 e. The Hall–Kier alpha value is -1.53. The zero-order chi connectivity index (χ0) is 17.7. The zero-order valence-corrected chi connectivity index (χ0v) is 16.4. The monoisotopic (exact) mass is 364 g/mol. The fraction of sp³-hybridized carbons (Fsp3) is 0.444. The molecule has 0 fully saturated rings. The minimum atomic E-state index is -0.200. The molecule has 1 aromatic heterocycles. The first kappa shape index (κ1) is 18.8. The number of ether oxygens (including phenoxy) is 1. The van der Waals surface area contributed by atoms with E-state index in [0.717, 1.165) is 27.8 Å². The normalized spacial score (nSPS) is 12.7. The van der Waals surface area contributed by atoms with E-state index in [9.17, 15) is 4.79 Å². The Labute approximate surface area is 152 Å². The van der Waals surface area contributed by atoms with Gasteiger partial charge in [-0.15, -0.1) is 23.1 Å². The number of nitrogens with zero attached hydrogens (tertiary/aromatic N) is 1. The van der Waals surface area contributed by atoms with Crippen molar-refractivity contribution < 1.29 is 9.53 Å². The SMILES string of the molecule is COc1ccc(-c2nc(CS[C@@H](C)C(=O)NC(C)(C)C)cs2)cc1. The molecule has 6 heteroatoms. The predicted octanol–water partition coefficient (Wildman–Crippen LogP) is 4.36. The van der Waals surface area contributed by atoms with Crippen molar-refractivity contribution in [1.82, 2.24) is 10.3 Å². The van der Waals surface area contributed by atoms with Crippen LogP contribution in [-0.4, -0.2) is 28.8 Å². The molecule has 0 aliphatic rings. The van der Waals surface area contributed by atoms with Crippen molar-refractivity contribution in [2.45, 2.75) is 44.2 Å². The topological polar surface area (TPSA) is 51.2 Å². The number of rotatable bonds is 6. The average Bonchev–Trinajstić information content (AvgIpc) is 3.00. The van der Waals surface area contributed by atoms with Crippen molar-refractivity contribution in [3.05, 3.63) is 35.3 Å². The van der Waals surface area contributed by atoms with E-state index in [2.05, 4.69) is 15.7 Å². The number of aromatic nitrogens is 1. The van der Waals surface area contributed by atoms with Gasteiger partial charge in [-0.3, -0.25) is 4.79 Å². The number of methoxy groups -OCH3 is 1. The lowest BCUT2D eigenvalue weighted by molar-refractivity contribution is -0.121. The van der Waals surface area contributed by atoms with Gasteiger partial charge in [-0.05, 0) is 52.0 Å². The second kappa shape index (κ2) is 8.03. The molecular formula is C18H24N2O2S2. The number of hydrogen-bond acceptors (Lipinski definition) is 5. The summed E-state index contributed by atoms with van der Waals surface area (Å²) in [7, 11) is 1.66. The summed E-state index contributed by atoms with van der Waals surface area (Å²) in [6, 6.07) is 7.89. The molecule has 1 heterocycles. The molecule has 0 unspecified atom stereocenters. The summed E-state index contributed by atoms with van der Waals surface area (Å²) in [6.07, 6.45) is 0. The van der Waals surface area contributed by atoms with Gasteiger partial charge in [-0.1, -0.05) is 0 Å². The van der Waals surface area contributed by atoms with Crippen LogP contribution in [-0.2, 0) is 10.5 Å². The van der Waals surface area contributed by atoms with Gasteiger partial charge >= 0.3 is 0 Å². The lowest BCUT2D eigenvalue weighted by Gasteiger charge is -2.22. The Morgan fingerprint density at radius 2 is 2.00 bits per heavy atom. The maximum atomic E-state index is 12.1. The maximum Gasteiger partial charge on any atom is 0.233 e. The molecule has 0 radical (unpaired) electrons. The van der Waals surface area contributed by atoms with Gasteiger partial charge in [0.1, 0.15) is 10.8 Å². The molecule has 24 heavy (non-hydrogen) atoms. The van der Waals surface area contributed by atoms with Crippen molar-refractivity contribution in [2.75, 3.05) is 7.11 Å². The number of hydrogen-bond donors (Lipinski definition) is 1. The Morgan fingerprint density at radius 1 is 1.33 bits per heavy atom. The van der Waals surface area contributed by atoms with Crippen LogP contribution in [0.4, 0.5) is 0 Å². The van der Waals surface area contributed by atoms with Gasteiger partial charge in [0.25, 0.3) is 0 Å². The first-order chi connectivity index (χ1) is 11.3. The number of carbonyl (C=O) groups is 1. The molecule has 1 amide bonds. The molecule has 0 spiro atoms. The van der Waals surface area contributed by atoms with Crippen LogP contribution in [0.15, 0.2) is 29.6 Å². The van der Waals surface area contributed by atoms with Crippen molar-refractivity contribution in [2.24, 2.45) is 0 Å². The van der Waals surface area contributed by atoms with Crippen LogP contribution in [0.25, 0.3) is 10.6 Å². The summed E-state index contributed by atoms with van der Waals surface area (Å²) >= 11 is 3.23. The first-order valence-corrected chi connectivity index (χ1v) is 9.74. The molecule has 0 saturated carbocycles. The molecule has 0 aliphatic carbocycles. The van der Waals surface area contributed by atoms with E-state index < -0.39 is 0 Å². The number of nitrogens with one attached hydrogen (secondary N) is 1. The predicted molar refractivity (Wildman–Crippen MR) is 103 cm³/mol. The Morgan fingerprint density at radius 3 is 2.58 bits per heavy atom. The van der Waals surface area contributed by atoms with Crippen LogP contribution in [0.2, 0.25) is 0 Å². The third kappa shape index (κ3) is 5.53. The van der Waals surface area contributed by atoms with Gasteiger partial charge in [-0.25, -0.2) is 4.98 Å². The molecule has 1 N–H and O–H groups in total. The maximum absolute atomic E-state index is 12.1. The lowest BCUT2D eigenvalue weighted by atomic mass is 10.1. The van der Waals surface area contributed by atoms with Gasteiger partial charge in [0, 0.05) is 22.2 Å². The molecular weight excluding hydrogens is 340 g/mol. The van der Waals surface area contributed by atoms with Gasteiger partial charge in [-0.2, -0.15) is 0 Å². The Kier molecular flexibility index (Phi) is 6.29. The third-order valence-corrected chi connectivity index (χ3v) is 5.35. The number of thiazole rings is 1. The smallest absolute Gasteiger partial charge is 0.233 e. The number of carbonyl (C=O) groups excluding carboxylic acids is 1. The summed E-state index contributed by atoms with van der Waals surface area (Å²) in [5.41, 5.74) is 1.88. The summed E-state index contributed by atoms with van der Waals surface area (Å²) < 4.78 is 5.17. The van der Waals surface area contributed by atoms with E-state index >= 15 is 0 Å². The van der Waals surface area contributed by atoms with Crippen molar-refractivity contribution in [3.63, 3.8) is 0 Å². The van der Waals surface area contributed by atoms with Gasteiger partial charge < -0.3 is 10.1 Å². The molecule has 2 aromatic rings. The van der Waals surface area contributed by atoms with Crippen LogP contribution < -0.4 is 10.1 Å². The standard InChI is InChI=1S/C18H24N2O2S2/c1-12(16(21)20-18(2,3)4)23-10-14-11-24-17(19-14)13-6-8-15(22-5)9-7-13/h6-9,11-12H,10H2,1-5H3,(H,20,21)/t12-/m0/s1. The highest BCUT2D eigenvalue weighted by Gasteiger charge is 2.19. The summed E-state index contributed by atoms with van der Waals surface area (Å²) in [5, 5.41) is 5.95. The highest BCUT2D eigenvalue weighted by molar-refractivity contribution is 7.99. The summed E-state index contributed by atoms with van der Waals surface area (Å²) in [4.78, 5) is 16.8. The lowest BCUT2D eigenvalue weighted by Crippen LogP contribution is -2.44. The fourth-order valence-corrected chi connectivity index (χ4v) is 3.71. The molecule has 4 nitrogen and oxygen atoms in total. The first-order valence-electron chi connectivity index (χ1n) is 7.81. The third-order valence-electron chi connectivity index (χ3n) is 3.24. The van der Waals surface area contributed by atoms with Crippen LogP contribution in [0.3, 0.4) is 0 Å². The molecule has 0 aliphatic heterocycles. The fourth-order valence-electron chi connectivity index (χ4n) is 2.00. The minimum Gasteiger partial charge on any atom is -0.497 e. The summed E-state index contributed by atoms with van der Waals surface area (Å²) in [5.74, 6) is 1.63. The van der Waals surface area contributed by atoms with Crippen molar-refractivity contribution >= 4 is 29.0 Å². The van der Waals surface area contributed by atoms with E-state index in [1.807, 2.05) is 52.0 Å². The molecule has 0 saturated heterocycles. The van der Waals surface area contributed by atoms with Crippen LogP contribution in [0.1, 0.15) is 33.4 Å². The number of thioether (sulfide) groups is 1. The Bertz CT molecular complexity index is 675. The molecule has 130 valence electrons. The highest BCUT2D eigenvalue weighted by Crippen LogP contribution is 2.28. The van der Waals surface area contributed by atoms with E-state index in [-0.39, 0.29) is 16.7 Å². The van der Waals surface area contributed by atoms with Crippen molar-refractivity contribution in [1.29, 1.82) is 0 Å². The van der Waals surface area contributed by atoms with Crippen molar-refractivity contribution in [3.8, 4) is 16.3 Å². The zero-order valence-electron chi connectivity index (χ0n) is 14.8. The molecule has 0 bridgehead atoms. The number of benzene rings is 1. The second-order valence-electron chi connectivity index (χ2n) is 6.56.